The summed E-state index contributed by atoms with van der Waals surface area (Å²) in [5, 5.41) is 1.29. The van der Waals surface area contributed by atoms with Gasteiger partial charge in [0.2, 0.25) is 0 Å². The Bertz CT molecular complexity index is 1350. The van der Waals surface area contributed by atoms with Crippen LogP contribution < -0.4 is 9.47 Å². The molecule has 0 aliphatic rings. The second-order valence-corrected chi connectivity index (χ2v) is 8.90. The molecular formula is C30H27F5O2. The van der Waals surface area contributed by atoms with Crippen LogP contribution in [0.5, 0.6) is 11.5 Å². The smallest absolute Gasteiger partial charge is 0.494 e. The number of hydrogen-bond donors (Lipinski definition) is 0. The molecule has 0 aromatic heterocycles. The minimum atomic E-state index is -4.97. The van der Waals surface area contributed by atoms with Crippen LogP contribution in [0, 0.1) is 11.6 Å². The Morgan fingerprint density at radius 2 is 1.35 bits per heavy atom. The quantitative estimate of drug-likeness (QED) is 0.198. The predicted molar refractivity (Wildman–Crippen MR) is 134 cm³/mol. The van der Waals surface area contributed by atoms with Gasteiger partial charge >= 0.3 is 6.36 Å². The van der Waals surface area contributed by atoms with Crippen LogP contribution in [0.4, 0.5) is 22.0 Å². The molecule has 0 spiro atoms. The first kappa shape index (κ1) is 26.5. The van der Waals surface area contributed by atoms with Gasteiger partial charge < -0.3 is 9.47 Å². The number of hydrogen-bond acceptors (Lipinski definition) is 2. The molecule has 0 unspecified atom stereocenters. The van der Waals surface area contributed by atoms with Gasteiger partial charge in [-0.25, -0.2) is 8.78 Å². The number of ether oxygens (including phenoxy) is 2. The molecule has 0 fully saturated rings. The highest BCUT2D eigenvalue weighted by atomic mass is 19.4. The Hall–Kier alpha value is -3.61. The Labute approximate surface area is 212 Å². The summed E-state index contributed by atoms with van der Waals surface area (Å²) < 4.78 is 75.4. The van der Waals surface area contributed by atoms with Gasteiger partial charge in [0, 0.05) is 5.39 Å². The standard InChI is InChI=1S/C30H27F5O2/c1-2-17-36-25-13-6-20(7-14-25)3-4-21-8-15-26-24(18-21)12-11-23(29(26)32)10-5-22-9-16-28(27(31)19-22)37-30(33,34)35/h6-9,11-16,18-19H,2-5,10,17H2,1H3. The molecule has 2 nitrogen and oxygen atoms in total. The molecule has 0 N–H and O–H groups in total. The summed E-state index contributed by atoms with van der Waals surface area (Å²) in [6.45, 7) is 2.76. The Balaban J connectivity index is 1.39. The van der Waals surface area contributed by atoms with E-state index in [0.717, 1.165) is 48.1 Å². The monoisotopic (exact) mass is 514 g/mol. The zero-order chi connectivity index (χ0) is 26.4. The first-order valence-electron chi connectivity index (χ1n) is 12.2. The van der Waals surface area contributed by atoms with Gasteiger partial charge in [-0.15, -0.1) is 13.2 Å². The Morgan fingerprint density at radius 1 is 0.703 bits per heavy atom. The maximum absolute atomic E-state index is 15.2. The van der Waals surface area contributed by atoms with E-state index in [9.17, 15) is 17.6 Å². The van der Waals surface area contributed by atoms with E-state index in [-0.39, 0.29) is 18.7 Å². The number of aryl methyl sites for hydroxylation is 4. The molecule has 0 heterocycles. The molecule has 4 rings (SSSR count). The molecule has 0 saturated heterocycles. The molecule has 0 aliphatic carbocycles. The van der Waals surface area contributed by atoms with Crippen LogP contribution in [0.1, 0.15) is 35.6 Å². The predicted octanol–water partition coefficient (Wildman–Crippen LogP) is 8.38. The van der Waals surface area contributed by atoms with E-state index < -0.39 is 17.9 Å². The molecule has 194 valence electrons. The molecule has 37 heavy (non-hydrogen) atoms. The van der Waals surface area contributed by atoms with Crippen molar-refractivity contribution in [3.63, 3.8) is 0 Å². The third-order valence-corrected chi connectivity index (χ3v) is 6.10. The van der Waals surface area contributed by atoms with Crippen molar-refractivity contribution in [2.24, 2.45) is 0 Å². The van der Waals surface area contributed by atoms with Crippen molar-refractivity contribution in [3.05, 3.63) is 107 Å². The van der Waals surface area contributed by atoms with Gasteiger partial charge in [0.05, 0.1) is 6.61 Å². The van der Waals surface area contributed by atoms with Gasteiger partial charge in [0.1, 0.15) is 11.6 Å². The Kier molecular flexibility index (Phi) is 8.31. The highest BCUT2D eigenvalue weighted by Gasteiger charge is 2.32. The van der Waals surface area contributed by atoms with Crippen LogP contribution in [0.15, 0.2) is 72.8 Å². The lowest BCUT2D eigenvalue weighted by Crippen LogP contribution is -2.18. The van der Waals surface area contributed by atoms with Crippen LogP contribution in [-0.4, -0.2) is 13.0 Å². The van der Waals surface area contributed by atoms with Crippen LogP contribution >= 0.6 is 0 Å². The molecule has 7 heteroatoms. The highest BCUT2D eigenvalue weighted by Crippen LogP contribution is 2.28. The maximum Gasteiger partial charge on any atom is 0.573 e. The SMILES string of the molecule is CCCOc1ccc(CCc2ccc3c(F)c(CCc4ccc(OC(F)(F)F)c(F)c4)ccc3c2)cc1. The van der Waals surface area contributed by atoms with Crippen molar-refractivity contribution < 1.29 is 31.4 Å². The molecule has 0 bridgehead atoms. The van der Waals surface area contributed by atoms with E-state index in [1.807, 2.05) is 30.3 Å². The van der Waals surface area contributed by atoms with Gasteiger partial charge in [-0.05, 0) is 84.0 Å². The molecule has 0 amide bonds. The number of benzene rings is 4. The molecule has 0 atom stereocenters. The van der Waals surface area contributed by atoms with Gasteiger partial charge in [-0.1, -0.05) is 55.5 Å². The lowest BCUT2D eigenvalue weighted by atomic mass is 9.97. The summed E-state index contributed by atoms with van der Waals surface area (Å²) in [5.74, 6) is -1.48. The zero-order valence-electron chi connectivity index (χ0n) is 20.4. The number of halogens is 5. The zero-order valence-corrected chi connectivity index (χ0v) is 20.4. The second kappa shape index (κ2) is 11.6. The number of alkyl halides is 3. The van der Waals surface area contributed by atoms with E-state index in [0.29, 0.717) is 23.1 Å². The van der Waals surface area contributed by atoms with Crippen molar-refractivity contribution in [1.82, 2.24) is 0 Å². The molecule has 4 aromatic rings. The van der Waals surface area contributed by atoms with Crippen LogP contribution in [0.25, 0.3) is 10.8 Å². The fraction of sp³-hybridized carbons (Fsp3) is 0.267. The summed E-state index contributed by atoms with van der Waals surface area (Å²) in [6.07, 6.45) is -1.79. The topological polar surface area (TPSA) is 18.5 Å². The number of rotatable bonds is 10. The minimum absolute atomic E-state index is 0.270. The molecule has 4 aromatic carbocycles. The maximum atomic E-state index is 15.2. The van der Waals surface area contributed by atoms with Crippen LogP contribution in [0.3, 0.4) is 0 Å². The fourth-order valence-electron chi connectivity index (χ4n) is 4.18. The molecule has 0 aliphatic heterocycles. The molecule has 0 radical (unpaired) electrons. The Morgan fingerprint density at radius 3 is 2.05 bits per heavy atom. The van der Waals surface area contributed by atoms with Crippen molar-refractivity contribution in [2.45, 2.75) is 45.4 Å². The third-order valence-electron chi connectivity index (χ3n) is 6.10. The second-order valence-electron chi connectivity index (χ2n) is 8.90. The van der Waals surface area contributed by atoms with Gasteiger partial charge in [-0.2, -0.15) is 0 Å². The van der Waals surface area contributed by atoms with Crippen LogP contribution in [0.2, 0.25) is 0 Å². The summed E-state index contributed by atoms with van der Waals surface area (Å²) in [6, 6.07) is 20.6. The fourth-order valence-corrected chi connectivity index (χ4v) is 4.18. The van der Waals surface area contributed by atoms with Crippen LogP contribution in [-0.2, 0) is 25.7 Å². The van der Waals surface area contributed by atoms with Crippen molar-refractivity contribution in [2.75, 3.05) is 6.61 Å². The average molecular weight is 515 g/mol. The van der Waals surface area contributed by atoms with E-state index >= 15 is 4.39 Å². The largest absolute Gasteiger partial charge is 0.573 e. The summed E-state index contributed by atoms with van der Waals surface area (Å²) in [5.41, 5.74) is 3.20. The third kappa shape index (κ3) is 7.21. The highest BCUT2D eigenvalue weighted by molar-refractivity contribution is 5.84. The lowest BCUT2D eigenvalue weighted by Gasteiger charge is -2.11. The lowest BCUT2D eigenvalue weighted by molar-refractivity contribution is -0.275. The van der Waals surface area contributed by atoms with Gasteiger partial charge in [0.25, 0.3) is 0 Å². The van der Waals surface area contributed by atoms with E-state index in [1.165, 1.54) is 11.6 Å². The first-order valence-corrected chi connectivity index (χ1v) is 12.2. The van der Waals surface area contributed by atoms with E-state index in [1.54, 1.807) is 12.1 Å². The van der Waals surface area contributed by atoms with Gasteiger partial charge in [-0.3, -0.25) is 0 Å². The van der Waals surface area contributed by atoms with E-state index in [4.69, 9.17) is 4.74 Å². The normalized spacial score (nSPS) is 11.6. The van der Waals surface area contributed by atoms with Crippen molar-refractivity contribution in [3.8, 4) is 11.5 Å². The van der Waals surface area contributed by atoms with Crippen molar-refractivity contribution in [1.29, 1.82) is 0 Å². The molecular weight excluding hydrogens is 487 g/mol. The summed E-state index contributed by atoms with van der Waals surface area (Å²) in [4.78, 5) is 0. The minimum Gasteiger partial charge on any atom is -0.494 e. The number of fused-ring (bicyclic) bond motifs is 1. The molecule has 0 saturated carbocycles. The summed E-state index contributed by atoms with van der Waals surface area (Å²) >= 11 is 0. The van der Waals surface area contributed by atoms with E-state index in [2.05, 4.69) is 23.8 Å². The van der Waals surface area contributed by atoms with Crippen molar-refractivity contribution >= 4 is 10.8 Å². The average Bonchev–Trinajstić information content (AvgIpc) is 2.87. The summed E-state index contributed by atoms with van der Waals surface area (Å²) in [7, 11) is 0. The first-order chi connectivity index (χ1) is 17.7. The van der Waals surface area contributed by atoms with Gasteiger partial charge in [0.15, 0.2) is 11.6 Å².